The first kappa shape index (κ1) is 13.9. The Morgan fingerprint density at radius 1 is 1.07 bits per heavy atom. The fraction of sp³-hybridized carbons (Fsp3) is 0.818. The molecular formula is C11H22N2O2. The van der Waals surface area contributed by atoms with Crippen LogP contribution in [0.1, 0.15) is 26.2 Å². The smallest absolute Gasteiger partial charge is 0.224 e. The zero-order valence-electron chi connectivity index (χ0n) is 10.4. The van der Waals surface area contributed by atoms with Gasteiger partial charge in [0.05, 0.1) is 0 Å². The molecule has 1 unspecified atom stereocenters. The van der Waals surface area contributed by atoms with Crippen LogP contribution >= 0.6 is 0 Å². The topological polar surface area (TPSA) is 40.6 Å². The van der Waals surface area contributed by atoms with E-state index in [1.54, 1.807) is 38.0 Å². The summed E-state index contributed by atoms with van der Waals surface area (Å²) in [6.45, 7) is 1.91. The minimum Gasteiger partial charge on any atom is -0.349 e. The summed E-state index contributed by atoms with van der Waals surface area (Å²) in [5.41, 5.74) is 0. The molecule has 2 amide bonds. The van der Waals surface area contributed by atoms with Crippen molar-refractivity contribution in [3.63, 3.8) is 0 Å². The Morgan fingerprint density at radius 3 is 2.00 bits per heavy atom. The summed E-state index contributed by atoms with van der Waals surface area (Å²) >= 11 is 0. The van der Waals surface area contributed by atoms with E-state index in [2.05, 4.69) is 0 Å². The third-order valence-corrected chi connectivity index (χ3v) is 2.39. The summed E-state index contributed by atoms with van der Waals surface area (Å²) in [7, 11) is 7.00. The van der Waals surface area contributed by atoms with E-state index in [1.807, 2.05) is 6.92 Å². The van der Waals surface area contributed by atoms with Crippen LogP contribution < -0.4 is 0 Å². The maximum atomic E-state index is 11.5. The first-order chi connectivity index (χ1) is 6.86. The molecule has 4 nitrogen and oxygen atoms in total. The lowest BCUT2D eigenvalue weighted by atomic mass is 10.0. The van der Waals surface area contributed by atoms with Crippen LogP contribution in [0.3, 0.4) is 0 Å². The third kappa shape index (κ3) is 5.40. The monoisotopic (exact) mass is 214 g/mol. The van der Waals surface area contributed by atoms with Crippen molar-refractivity contribution in [2.45, 2.75) is 26.2 Å². The lowest BCUT2D eigenvalue weighted by Gasteiger charge is -2.17. The Morgan fingerprint density at radius 2 is 1.60 bits per heavy atom. The van der Waals surface area contributed by atoms with Gasteiger partial charge < -0.3 is 9.80 Å². The molecule has 0 aliphatic heterocycles. The van der Waals surface area contributed by atoms with E-state index >= 15 is 0 Å². The minimum atomic E-state index is 0.00922. The zero-order chi connectivity index (χ0) is 12.0. The maximum Gasteiger partial charge on any atom is 0.224 e. The van der Waals surface area contributed by atoms with E-state index in [1.165, 1.54) is 0 Å². The highest BCUT2D eigenvalue weighted by Crippen LogP contribution is 2.10. The van der Waals surface area contributed by atoms with Crippen LogP contribution in [0, 0.1) is 5.92 Å². The van der Waals surface area contributed by atoms with Crippen LogP contribution in [0.5, 0.6) is 0 Å². The SMILES string of the molecule is CC(CCCC(=O)N(C)C)C(=O)N(C)C. The van der Waals surface area contributed by atoms with Gasteiger partial charge in [0.1, 0.15) is 0 Å². The molecule has 88 valence electrons. The zero-order valence-corrected chi connectivity index (χ0v) is 10.4. The molecule has 0 saturated carbocycles. The largest absolute Gasteiger partial charge is 0.349 e. The van der Waals surface area contributed by atoms with Crippen molar-refractivity contribution in [1.29, 1.82) is 0 Å². The van der Waals surface area contributed by atoms with Crippen molar-refractivity contribution in [2.75, 3.05) is 28.2 Å². The molecule has 0 bridgehead atoms. The Bertz CT molecular complexity index is 225. The van der Waals surface area contributed by atoms with Gasteiger partial charge in [-0.15, -0.1) is 0 Å². The highest BCUT2D eigenvalue weighted by Gasteiger charge is 2.15. The summed E-state index contributed by atoms with van der Waals surface area (Å²) in [6.07, 6.45) is 2.08. The second kappa shape index (κ2) is 6.43. The quantitative estimate of drug-likeness (QED) is 0.684. The standard InChI is InChI=1S/C11H22N2O2/c1-9(11(15)13(4)5)7-6-8-10(14)12(2)3/h9H,6-8H2,1-5H3. The summed E-state index contributed by atoms with van der Waals surface area (Å²) in [5, 5.41) is 0. The molecule has 0 heterocycles. The number of amides is 2. The van der Waals surface area contributed by atoms with Gasteiger partial charge >= 0.3 is 0 Å². The lowest BCUT2D eigenvalue weighted by Crippen LogP contribution is -2.28. The molecule has 0 radical (unpaired) electrons. The molecule has 1 atom stereocenters. The van der Waals surface area contributed by atoms with E-state index in [4.69, 9.17) is 0 Å². The van der Waals surface area contributed by atoms with Crippen molar-refractivity contribution in [3.8, 4) is 0 Å². The molecular weight excluding hydrogens is 192 g/mol. The van der Waals surface area contributed by atoms with Gasteiger partial charge in [-0.1, -0.05) is 6.92 Å². The van der Waals surface area contributed by atoms with Crippen molar-refractivity contribution < 1.29 is 9.59 Å². The van der Waals surface area contributed by atoms with Gasteiger partial charge in [0.2, 0.25) is 11.8 Å². The number of nitrogens with zero attached hydrogens (tertiary/aromatic N) is 2. The molecule has 0 aliphatic rings. The molecule has 4 heteroatoms. The van der Waals surface area contributed by atoms with E-state index in [0.717, 1.165) is 12.8 Å². The highest BCUT2D eigenvalue weighted by molar-refractivity contribution is 5.78. The van der Waals surface area contributed by atoms with Crippen molar-refractivity contribution in [3.05, 3.63) is 0 Å². The number of hydrogen-bond acceptors (Lipinski definition) is 2. The average Bonchev–Trinajstić information content (AvgIpc) is 2.15. The van der Waals surface area contributed by atoms with Crippen LogP contribution in [-0.4, -0.2) is 49.8 Å². The molecule has 0 aromatic heterocycles. The Balaban J connectivity index is 3.78. The molecule has 0 rings (SSSR count). The second-order valence-corrected chi connectivity index (χ2v) is 4.31. The fourth-order valence-corrected chi connectivity index (χ4v) is 1.35. The molecule has 0 fully saturated rings. The number of rotatable bonds is 5. The first-order valence-corrected chi connectivity index (χ1v) is 5.27. The Kier molecular flexibility index (Phi) is 5.97. The Hall–Kier alpha value is -1.06. The molecule has 0 spiro atoms. The summed E-state index contributed by atoms with van der Waals surface area (Å²) in [6, 6.07) is 0. The number of carbonyl (C=O) groups is 2. The molecule has 0 aliphatic carbocycles. The van der Waals surface area contributed by atoms with Crippen LogP contribution in [0.25, 0.3) is 0 Å². The predicted molar refractivity (Wildman–Crippen MR) is 60.4 cm³/mol. The Labute approximate surface area is 92.2 Å². The fourth-order valence-electron chi connectivity index (χ4n) is 1.35. The second-order valence-electron chi connectivity index (χ2n) is 4.31. The van der Waals surface area contributed by atoms with E-state index in [9.17, 15) is 9.59 Å². The average molecular weight is 214 g/mol. The van der Waals surface area contributed by atoms with Crippen LogP contribution in [0.15, 0.2) is 0 Å². The minimum absolute atomic E-state index is 0.00922. The van der Waals surface area contributed by atoms with Gasteiger partial charge in [0.25, 0.3) is 0 Å². The molecule has 0 N–H and O–H groups in total. The van der Waals surface area contributed by atoms with E-state index in [0.29, 0.717) is 6.42 Å². The summed E-state index contributed by atoms with van der Waals surface area (Å²) < 4.78 is 0. The molecule has 0 aromatic rings. The lowest BCUT2D eigenvalue weighted by molar-refractivity contribution is -0.133. The van der Waals surface area contributed by atoms with E-state index < -0.39 is 0 Å². The predicted octanol–water partition coefficient (Wildman–Crippen LogP) is 0.969. The van der Waals surface area contributed by atoms with Crippen LogP contribution in [-0.2, 0) is 9.59 Å². The first-order valence-electron chi connectivity index (χ1n) is 5.27. The van der Waals surface area contributed by atoms with Gasteiger partial charge in [-0.3, -0.25) is 9.59 Å². The summed E-state index contributed by atoms with van der Waals surface area (Å²) in [5.74, 6) is 0.266. The van der Waals surface area contributed by atoms with Crippen LogP contribution in [0.4, 0.5) is 0 Å². The molecule has 15 heavy (non-hydrogen) atoms. The van der Waals surface area contributed by atoms with Gasteiger partial charge in [-0.05, 0) is 12.8 Å². The highest BCUT2D eigenvalue weighted by atomic mass is 16.2. The number of carbonyl (C=O) groups excluding carboxylic acids is 2. The van der Waals surface area contributed by atoms with Gasteiger partial charge in [0.15, 0.2) is 0 Å². The molecule has 0 aromatic carbocycles. The normalized spacial score (nSPS) is 12.1. The van der Waals surface area contributed by atoms with Crippen molar-refractivity contribution in [1.82, 2.24) is 9.80 Å². The van der Waals surface area contributed by atoms with Gasteiger partial charge in [-0.2, -0.15) is 0 Å². The van der Waals surface area contributed by atoms with Crippen molar-refractivity contribution >= 4 is 11.8 Å². The van der Waals surface area contributed by atoms with Crippen molar-refractivity contribution in [2.24, 2.45) is 5.92 Å². The van der Waals surface area contributed by atoms with Gasteiger partial charge in [0, 0.05) is 40.5 Å². The number of hydrogen-bond donors (Lipinski definition) is 0. The van der Waals surface area contributed by atoms with E-state index in [-0.39, 0.29) is 17.7 Å². The third-order valence-electron chi connectivity index (χ3n) is 2.39. The maximum absolute atomic E-state index is 11.5. The summed E-state index contributed by atoms with van der Waals surface area (Å²) in [4.78, 5) is 25.9. The molecule has 0 saturated heterocycles. The van der Waals surface area contributed by atoms with Crippen LogP contribution in [0.2, 0.25) is 0 Å². The van der Waals surface area contributed by atoms with Gasteiger partial charge in [-0.25, -0.2) is 0 Å².